The number of ether oxygens (including phenoxy) is 1. The third-order valence-corrected chi connectivity index (χ3v) is 2.78. The first kappa shape index (κ1) is 8.29. The van der Waals surface area contributed by atoms with E-state index in [1.807, 2.05) is 0 Å². The van der Waals surface area contributed by atoms with E-state index in [1.165, 1.54) is 11.3 Å². The summed E-state index contributed by atoms with van der Waals surface area (Å²) in [5.41, 5.74) is 0. The molecule has 12 heavy (non-hydrogen) atoms. The summed E-state index contributed by atoms with van der Waals surface area (Å²) in [6.07, 6.45) is 2.71. The van der Waals surface area contributed by atoms with Gasteiger partial charge < -0.3 is 10.1 Å². The molecular formula is C7H9ClN2OS. The molecule has 0 aliphatic carbocycles. The van der Waals surface area contributed by atoms with E-state index >= 15 is 0 Å². The molecule has 1 aromatic heterocycles. The van der Waals surface area contributed by atoms with Gasteiger partial charge in [0, 0.05) is 6.61 Å². The fourth-order valence-electron chi connectivity index (χ4n) is 1.14. The van der Waals surface area contributed by atoms with Gasteiger partial charge in [0.1, 0.15) is 4.34 Å². The highest BCUT2D eigenvalue weighted by Gasteiger charge is 2.15. The maximum atomic E-state index is 5.73. The zero-order valence-electron chi connectivity index (χ0n) is 6.42. The Hall–Kier alpha value is -0.320. The third-order valence-electron chi connectivity index (χ3n) is 1.73. The number of hydrogen-bond acceptors (Lipinski definition) is 4. The van der Waals surface area contributed by atoms with Gasteiger partial charge in [-0.3, -0.25) is 0 Å². The predicted molar refractivity (Wildman–Crippen MR) is 50.0 cm³/mol. The summed E-state index contributed by atoms with van der Waals surface area (Å²) >= 11 is 7.19. The molecule has 1 saturated heterocycles. The van der Waals surface area contributed by atoms with Crippen molar-refractivity contribution < 1.29 is 4.74 Å². The number of aromatic nitrogens is 1. The van der Waals surface area contributed by atoms with Crippen LogP contribution in [0.15, 0.2) is 6.20 Å². The molecule has 1 aliphatic heterocycles. The van der Waals surface area contributed by atoms with E-state index in [9.17, 15) is 0 Å². The van der Waals surface area contributed by atoms with Crippen molar-refractivity contribution in [3.63, 3.8) is 0 Å². The van der Waals surface area contributed by atoms with Gasteiger partial charge in [0.05, 0.1) is 18.8 Å². The number of nitrogens with zero attached hydrogens (tertiary/aromatic N) is 1. The molecule has 1 N–H and O–H groups in total. The van der Waals surface area contributed by atoms with Gasteiger partial charge in [-0.2, -0.15) is 0 Å². The Morgan fingerprint density at radius 1 is 1.75 bits per heavy atom. The van der Waals surface area contributed by atoms with Crippen LogP contribution in [0.4, 0.5) is 5.13 Å². The molecule has 1 fully saturated rings. The van der Waals surface area contributed by atoms with Gasteiger partial charge in [-0.1, -0.05) is 22.9 Å². The van der Waals surface area contributed by atoms with Crippen LogP contribution in [0.2, 0.25) is 4.34 Å². The van der Waals surface area contributed by atoms with Gasteiger partial charge >= 0.3 is 0 Å². The molecular weight excluding hydrogens is 196 g/mol. The molecule has 2 rings (SSSR count). The number of halogens is 1. The Morgan fingerprint density at radius 3 is 3.25 bits per heavy atom. The van der Waals surface area contributed by atoms with Crippen molar-refractivity contribution in [2.75, 3.05) is 18.5 Å². The van der Waals surface area contributed by atoms with E-state index in [4.69, 9.17) is 16.3 Å². The number of thiazole rings is 1. The maximum absolute atomic E-state index is 5.73. The normalized spacial score (nSPS) is 22.9. The van der Waals surface area contributed by atoms with Crippen LogP contribution >= 0.6 is 22.9 Å². The second-order valence-electron chi connectivity index (χ2n) is 2.67. The molecule has 0 amide bonds. The van der Waals surface area contributed by atoms with Crippen molar-refractivity contribution >= 4 is 28.1 Å². The smallest absolute Gasteiger partial charge is 0.184 e. The largest absolute Gasteiger partial charge is 0.379 e. The molecule has 3 nitrogen and oxygen atoms in total. The predicted octanol–water partition coefficient (Wildman–Crippen LogP) is 2.00. The summed E-state index contributed by atoms with van der Waals surface area (Å²) in [4.78, 5) is 4.10. The Labute approximate surface area is 79.7 Å². The van der Waals surface area contributed by atoms with Gasteiger partial charge in [0.15, 0.2) is 5.13 Å². The van der Waals surface area contributed by atoms with Crippen LogP contribution in [0.5, 0.6) is 0 Å². The summed E-state index contributed by atoms with van der Waals surface area (Å²) in [5, 5.41) is 4.14. The summed E-state index contributed by atoms with van der Waals surface area (Å²) in [6.45, 7) is 1.62. The molecule has 1 aliphatic rings. The van der Waals surface area contributed by atoms with Gasteiger partial charge in [0.2, 0.25) is 0 Å². The number of rotatable bonds is 2. The maximum Gasteiger partial charge on any atom is 0.184 e. The van der Waals surface area contributed by atoms with Crippen molar-refractivity contribution in [3.05, 3.63) is 10.5 Å². The molecule has 0 aromatic carbocycles. The highest BCUT2D eigenvalue weighted by atomic mass is 35.5. The van der Waals surface area contributed by atoms with Crippen LogP contribution in [-0.4, -0.2) is 24.2 Å². The summed E-state index contributed by atoms with van der Waals surface area (Å²) < 4.78 is 5.94. The first-order valence-electron chi connectivity index (χ1n) is 3.80. The average molecular weight is 205 g/mol. The highest BCUT2D eigenvalue weighted by Crippen LogP contribution is 2.24. The van der Waals surface area contributed by atoms with Crippen LogP contribution in [-0.2, 0) is 4.74 Å². The zero-order chi connectivity index (χ0) is 8.39. The van der Waals surface area contributed by atoms with Crippen LogP contribution in [0.25, 0.3) is 0 Å². The summed E-state index contributed by atoms with van der Waals surface area (Å²) in [7, 11) is 0. The van der Waals surface area contributed by atoms with Gasteiger partial charge in [-0.25, -0.2) is 4.98 Å². The van der Waals surface area contributed by atoms with E-state index in [1.54, 1.807) is 6.20 Å². The molecule has 0 bridgehead atoms. The van der Waals surface area contributed by atoms with Crippen molar-refractivity contribution in [2.24, 2.45) is 0 Å². The van der Waals surface area contributed by atoms with Crippen LogP contribution in [0.3, 0.4) is 0 Å². The second-order valence-corrected chi connectivity index (χ2v) is 4.34. The number of nitrogens with one attached hydrogen (secondary N) is 1. The van der Waals surface area contributed by atoms with Crippen LogP contribution in [0.1, 0.15) is 6.42 Å². The molecule has 1 atom stereocenters. The van der Waals surface area contributed by atoms with Crippen molar-refractivity contribution in [1.82, 2.24) is 4.98 Å². The van der Waals surface area contributed by atoms with E-state index in [-0.39, 0.29) is 0 Å². The molecule has 1 aromatic rings. The average Bonchev–Trinajstić information content (AvgIpc) is 2.63. The summed E-state index contributed by atoms with van der Waals surface area (Å²) in [5.74, 6) is 0. The minimum atomic E-state index is 0.409. The first-order chi connectivity index (χ1) is 5.84. The van der Waals surface area contributed by atoms with E-state index in [2.05, 4.69) is 10.3 Å². The minimum absolute atomic E-state index is 0.409. The Kier molecular flexibility index (Phi) is 2.48. The highest BCUT2D eigenvalue weighted by molar-refractivity contribution is 7.19. The molecule has 1 unspecified atom stereocenters. The fraction of sp³-hybridized carbons (Fsp3) is 0.571. The SMILES string of the molecule is Clc1cnc(NC2CCOC2)s1. The molecule has 0 radical (unpaired) electrons. The molecule has 0 spiro atoms. The van der Waals surface area contributed by atoms with Crippen molar-refractivity contribution in [2.45, 2.75) is 12.5 Å². The van der Waals surface area contributed by atoms with Gasteiger partial charge in [0.25, 0.3) is 0 Å². The number of hydrogen-bond donors (Lipinski definition) is 1. The van der Waals surface area contributed by atoms with Crippen LogP contribution in [0, 0.1) is 0 Å². The first-order valence-corrected chi connectivity index (χ1v) is 4.99. The Balaban J connectivity index is 1.94. The summed E-state index contributed by atoms with van der Waals surface area (Å²) in [6, 6.07) is 0.409. The van der Waals surface area contributed by atoms with E-state index < -0.39 is 0 Å². The molecule has 2 heterocycles. The second kappa shape index (κ2) is 3.60. The molecule has 5 heteroatoms. The van der Waals surface area contributed by atoms with E-state index in [0.29, 0.717) is 6.04 Å². The molecule has 0 saturated carbocycles. The Bertz CT molecular complexity index is 260. The third kappa shape index (κ3) is 1.88. The standard InChI is InChI=1S/C7H9ClN2OS/c8-6-3-9-7(12-6)10-5-1-2-11-4-5/h3,5H,1-2,4H2,(H,9,10). The minimum Gasteiger partial charge on any atom is -0.379 e. The molecule has 66 valence electrons. The fourth-order valence-corrected chi connectivity index (χ4v) is 2.03. The lowest BCUT2D eigenvalue weighted by atomic mass is 10.3. The lowest BCUT2D eigenvalue weighted by molar-refractivity contribution is 0.195. The van der Waals surface area contributed by atoms with E-state index in [0.717, 1.165) is 29.1 Å². The quantitative estimate of drug-likeness (QED) is 0.800. The zero-order valence-corrected chi connectivity index (χ0v) is 7.99. The van der Waals surface area contributed by atoms with Crippen molar-refractivity contribution in [1.29, 1.82) is 0 Å². The topological polar surface area (TPSA) is 34.2 Å². The lowest BCUT2D eigenvalue weighted by Crippen LogP contribution is -2.18. The van der Waals surface area contributed by atoms with Crippen LogP contribution < -0.4 is 5.32 Å². The lowest BCUT2D eigenvalue weighted by Gasteiger charge is -2.07. The Morgan fingerprint density at radius 2 is 2.67 bits per heavy atom. The van der Waals surface area contributed by atoms with Gasteiger partial charge in [-0.05, 0) is 6.42 Å². The van der Waals surface area contributed by atoms with Crippen molar-refractivity contribution in [3.8, 4) is 0 Å². The number of anilines is 1. The monoisotopic (exact) mass is 204 g/mol. The van der Waals surface area contributed by atoms with Gasteiger partial charge in [-0.15, -0.1) is 0 Å².